The van der Waals surface area contributed by atoms with Crippen molar-refractivity contribution in [2.24, 2.45) is 0 Å². The van der Waals surface area contributed by atoms with Crippen molar-refractivity contribution in [3.63, 3.8) is 0 Å². The molecule has 1 heterocycles. The second kappa shape index (κ2) is 12.4. The zero-order valence-electron chi connectivity index (χ0n) is 21.1. The standard InChI is InChI=1S/C28H23BrFN3O7/c1-2-39-23-13-17(11-19(29)25(23)40-15-16-6-5-7-18(10-16)27(36)37)12-22-26(35)33(28(38)32-22)14-24(34)31-21-9-4-3-8-20(21)30/h3-13H,2,14-15H2,1H3,(H,31,34)(H,32,38)(H,36,37)/b22-12+. The highest BCUT2D eigenvalue weighted by Gasteiger charge is 2.35. The van der Waals surface area contributed by atoms with E-state index in [1.165, 1.54) is 42.5 Å². The third-order valence-corrected chi connectivity index (χ3v) is 6.20. The van der Waals surface area contributed by atoms with Crippen LogP contribution in [0.2, 0.25) is 0 Å². The lowest BCUT2D eigenvalue weighted by Crippen LogP contribution is -2.38. The molecule has 1 fully saturated rings. The van der Waals surface area contributed by atoms with Gasteiger partial charge in [-0.1, -0.05) is 24.3 Å². The Kier molecular flexibility index (Phi) is 8.80. The molecule has 0 aliphatic carbocycles. The number of para-hydroxylation sites is 1. The molecule has 4 rings (SSSR count). The summed E-state index contributed by atoms with van der Waals surface area (Å²) >= 11 is 3.44. The fourth-order valence-electron chi connectivity index (χ4n) is 3.80. The minimum atomic E-state index is -1.05. The van der Waals surface area contributed by atoms with E-state index >= 15 is 0 Å². The Morgan fingerprint density at radius 1 is 1.10 bits per heavy atom. The molecule has 0 bridgehead atoms. The van der Waals surface area contributed by atoms with Crippen LogP contribution in [0.3, 0.4) is 0 Å². The predicted octanol–water partition coefficient (Wildman–Crippen LogP) is 4.80. The van der Waals surface area contributed by atoms with Gasteiger partial charge in [0.25, 0.3) is 5.91 Å². The second-order valence-electron chi connectivity index (χ2n) is 8.46. The number of carbonyl (C=O) groups excluding carboxylic acids is 3. The Labute approximate surface area is 236 Å². The first-order valence-corrected chi connectivity index (χ1v) is 12.8. The highest BCUT2D eigenvalue weighted by Crippen LogP contribution is 2.38. The number of rotatable bonds is 10. The normalized spacial score (nSPS) is 13.8. The molecule has 1 saturated heterocycles. The van der Waals surface area contributed by atoms with Crippen LogP contribution in [0, 0.1) is 5.82 Å². The predicted molar refractivity (Wildman–Crippen MR) is 146 cm³/mol. The summed E-state index contributed by atoms with van der Waals surface area (Å²) < 4.78 is 25.9. The summed E-state index contributed by atoms with van der Waals surface area (Å²) in [5.41, 5.74) is 1.11. The number of nitrogens with zero attached hydrogens (tertiary/aromatic N) is 1. The highest BCUT2D eigenvalue weighted by atomic mass is 79.9. The molecule has 0 aromatic heterocycles. The maximum absolute atomic E-state index is 13.8. The summed E-state index contributed by atoms with van der Waals surface area (Å²) in [6.45, 7) is 1.54. The van der Waals surface area contributed by atoms with E-state index in [1.54, 1.807) is 31.2 Å². The van der Waals surface area contributed by atoms with Crippen LogP contribution >= 0.6 is 15.9 Å². The molecule has 0 spiro atoms. The van der Waals surface area contributed by atoms with Gasteiger partial charge in [-0.2, -0.15) is 0 Å². The Bertz CT molecular complexity index is 1530. The van der Waals surface area contributed by atoms with E-state index in [2.05, 4.69) is 26.6 Å². The Morgan fingerprint density at radius 2 is 1.88 bits per heavy atom. The molecule has 4 amide bonds. The van der Waals surface area contributed by atoms with E-state index in [9.17, 15) is 28.7 Å². The van der Waals surface area contributed by atoms with Gasteiger partial charge in [0.15, 0.2) is 11.5 Å². The average Bonchev–Trinajstić information content (AvgIpc) is 3.17. The van der Waals surface area contributed by atoms with Crippen LogP contribution in [0.1, 0.15) is 28.4 Å². The zero-order chi connectivity index (χ0) is 28.8. The smallest absolute Gasteiger partial charge is 0.335 e. The van der Waals surface area contributed by atoms with E-state index < -0.39 is 36.2 Å². The van der Waals surface area contributed by atoms with E-state index in [1.807, 2.05) is 0 Å². The molecule has 0 unspecified atom stereocenters. The monoisotopic (exact) mass is 611 g/mol. The van der Waals surface area contributed by atoms with Crippen LogP contribution in [0.5, 0.6) is 11.5 Å². The summed E-state index contributed by atoms with van der Waals surface area (Å²) in [5, 5.41) is 14.0. The molecule has 0 saturated carbocycles. The van der Waals surface area contributed by atoms with Crippen molar-refractivity contribution in [1.82, 2.24) is 10.2 Å². The van der Waals surface area contributed by atoms with Gasteiger partial charge in [0.1, 0.15) is 24.7 Å². The first-order valence-electron chi connectivity index (χ1n) is 12.0. The van der Waals surface area contributed by atoms with Gasteiger partial charge in [0, 0.05) is 0 Å². The molecule has 206 valence electrons. The maximum Gasteiger partial charge on any atom is 0.335 e. The first-order chi connectivity index (χ1) is 19.2. The lowest BCUT2D eigenvalue weighted by Gasteiger charge is -2.15. The number of imide groups is 1. The molecule has 3 N–H and O–H groups in total. The summed E-state index contributed by atoms with van der Waals surface area (Å²) in [5.74, 6) is -2.47. The first kappa shape index (κ1) is 28.3. The molecule has 1 aliphatic heterocycles. The van der Waals surface area contributed by atoms with Gasteiger partial charge in [-0.15, -0.1) is 0 Å². The number of anilines is 1. The molecule has 40 heavy (non-hydrogen) atoms. The molecule has 3 aromatic rings. The molecular weight excluding hydrogens is 589 g/mol. The number of carboxylic acids is 1. The minimum absolute atomic E-state index is 0.0681. The van der Waals surface area contributed by atoms with E-state index in [0.717, 1.165) is 0 Å². The van der Waals surface area contributed by atoms with Crippen molar-refractivity contribution in [3.8, 4) is 11.5 Å². The van der Waals surface area contributed by atoms with Crippen LogP contribution in [0.4, 0.5) is 14.9 Å². The third kappa shape index (κ3) is 6.64. The molecule has 1 aliphatic rings. The fourth-order valence-corrected chi connectivity index (χ4v) is 4.38. The van der Waals surface area contributed by atoms with Crippen molar-refractivity contribution in [3.05, 3.63) is 93.3 Å². The van der Waals surface area contributed by atoms with Crippen LogP contribution in [-0.2, 0) is 16.2 Å². The Hall–Kier alpha value is -4.71. The van der Waals surface area contributed by atoms with Gasteiger partial charge >= 0.3 is 12.0 Å². The average molecular weight is 612 g/mol. The van der Waals surface area contributed by atoms with Gasteiger partial charge < -0.3 is 25.2 Å². The highest BCUT2D eigenvalue weighted by molar-refractivity contribution is 9.10. The number of hydrogen-bond donors (Lipinski definition) is 3. The van der Waals surface area contributed by atoms with Crippen molar-refractivity contribution < 1.29 is 38.1 Å². The SMILES string of the molecule is CCOc1cc(/C=C2/NC(=O)N(CC(=O)Nc3ccccc3F)C2=O)cc(Br)c1OCc1cccc(C(=O)O)c1. The van der Waals surface area contributed by atoms with Gasteiger partial charge in [-0.25, -0.2) is 18.9 Å². The Morgan fingerprint density at radius 3 is 2.60 bits per heavy atom. The van der Waals surface area contributed by atoms with Crippen molar-refractivity contribution in [2.75, 3.05) is 18.5 Å². The minimum Gasteiger partial charge on any atom is -0.490 e. The van der Waals surface area contributed by atoms with Crippen LogP contribution in [0.25, 0.3) is 6.08 Å². The summed E-state index contributed by atoms with van der Waals surface area (Å²) in [6.07, 6.45) is 1.42. The number of ether oxygens (including phenoxy) is 2. The van der Waals surface area contributed by atoms with Gasteiger partial charge in [0.05, 0.1) is 22.3 Å². The largest absolute Gasteiger partial charge is 0.490 e. The number of amides is 4. The zero-order valence-corrected chi connectivity index (χ0v) is 22.7. The Balaban J connectivity index is 1.50. The molecule has 0 radical (unpaired) electrons. The third-order valence-electron chi connectivity index (χ3n) is 5.61. The second-order valence-corrected chi connectivity index (χ2v) is 9.32. The summed E-state index contributed by atoms with van der Waals surface area (Å²) in [7, 11) is 0. The van der Waals surface area contributed by atoms with Crippen molar-refractivity contribution in [1.29, 1.82) is 0 Å². The van der Waals surface area contributed by atoms with E-state index in [4.69, 9.17) is 9.47 Å². The molecule has 3 aromatic carbocycles. The number of benzene rings is 3. The van der Waals surface area contributed by atoms with E-state index in [0.29, 0.717) is 38.6 Å². The lowest BCUT2D eigenvalue weighted by molar-refractivity contribution is -0.127. The van der Waals surface area contributed by atoms with Gasteiger partial charge in [-0.3, -0.25) is 9.59 Å². The van der Waals surface area contributed by atoms with E-state index in [-0.39, 0.29) is 23.6 Å². The van der Waals surface area contributed by atoms with Gasteiger partial charge in [-0.05, 0) is 76.5 Å². The number of aromatic carboxylic acids is 1. The van der Waals surface area contributed by atoms with Crippen LogP contribution in [0.15, 0.2) is 70.8 Å². The van der Waals surface area contributed by atoms with Crippen LogP contribution in [-0.4, -0.2) is 47.0 Å². The van der Waals surface area contributed by atoms with Crippen LogP contribution < -0.4 is 20.1 Å². The lowest BCUT2D eigenvalue weighted by atomic mass is 10.1. The summed E-state index contributed by atoms with van der Waals surface area (Å²) in [4.78, 5) is 49.6. The number of hydrogen-bond acceptors (Lipinski definition) is 6. The van der Waals surface area contributed by atoms with Crippen molar-refractivity contribution in [2.45, 2.75) is 13.5 Å². The van der Waals surface area contributed by atoms with Gasteiger partial charge in [0.2, 0.25) is 5.91 Å². The maximum atomic E-state index is 13.8. The molecule has 0 atom stereocenters. The van der Waals surface area contributed by atoms with Crippen molar-refractivity contribution >= 4 is 51.5 Å². The molecular formula is C28H23BrFN3O7. The quantitative estimate of drug-likeness (QED) is 0.221. The number of nitrogens with one attached hydrogen (secondary N) is 2. The molecule has 10 nitrogen and oxygen atoms in total. The number of halogens is 2. The number of carbonyl (C=O) groups is 4. The summed E-state index contributed by atoms with van der Waals surface area (Å²) in [6, 6.07) is 14.3. The molecule has 12 heteroatoms. The number of urea groups is 1. The number of carboxylic acid groups (broad SMARTS) is 1. The topological polar surface area (TPSA) is 134 Å². The fraction of sp³-hybridized carbons (Fsp3) is 0.143.